The van der Waals surface area contributed by atoms with Crippen LogP contribution in [0, 0.1) is 11.3 Å². The van der Waals surface area contributed by atoms with E-state index in [2.05, 4.69) is 11.4 Å². The van der Waals surface area contributed by atoms with E-state index in [1.807, 2.05) is 6.07 Å². The summed E-state index contributed by atoms with van der Waals surface area (Å²) in [4.78, 5) is 23.4. The number of amides is 1. The van der Waals surface area contributed by atoms with Gasteiger partial charge >= 0.3 is 5.97 Å². The van der Waals surface area contributed by atoms with Crippen LogP contribution in [0.1, 0.15) is 24.8 Å². The molecule has 5 nitrogen and oxygen atoms in total. The molecule has 1 N–H and O–H groups in total. The summed E-state index contributed by atoms with van der Waals surface area (Å²) in [7, 11) is 0. The van der Waals surface area contributed by atoms with Gasteiger partial charge in [-0.15, -0.1) is 0 Å². The third kappa shape index (κ3) is 4.50. The van der Waals surface area contributed by atoms with Gasteiger partial charge in [0.1, 0.15) is 0 Å². The fourth-order valence-corrected chi connectivity index (χ4v) is 3.35. The van der Waals surface area contributed by atoms with Gasteiger partial charge in [0.2, 0.25) is 5.91 Å². The van der Waals surface area contributed by atoms with Crippen molar-refractivity contribution in [1.29, 1.82) is 5.26 Å². The number of thioether (sulfide) groups is 1. The Morgan fingerprint density at radius 1 is 1.57 bits per heavy atom. The number of allylic oxidation sites excluding steroid dienone is 1. The third-order valence-electron chi connectivity index (χ3n) is 3.25. The minimum atomic E-state index is -0.388. The van der Waals surface area contributed by atoms with Gasteiger partial charge in [0.25, 0.3) is 0 Å². The molecule has 1 aromatic rings. The van der Waals surface area contributed by atoms with Crippen LogP contribution in [0.25, 0.3) is 0 Å². The lowest BCUT2D eigenvalue weighted by Gasteiger charge is -2.25. The first-order valence-corrected chi connectivity index (χ1v) is 8.39. The Labute approximate surface area is 143 Å². The third-order valence-corrected chi connectivity index (χ3v) is 4.47. The number of nitrogens with zero attached hydrogens (tertiary/aromatic N) is 1. The Morgan fingerprint density at radius 2 is 2.35 bits per heavy atom. The highest BCUT2D eigenvalue weighted by Gasteiger charge is 2.30. The Balaban J connectivity index is 2.28. The number of hydrogen-bond donors (Lipinski definition) is 1. The zero-order valence-electron chi connectivity index (χ0n) is 12.5. The van der Waals surface area contributed by atoms with Crippen LogP contribution in [0.2, 0.25) is 5.02 Å². The second-order valence-electron chi connectivity index (χ2n) is 4.81. The number of hydrogen-bond acceptors (Lipinski definition) is 5. The van der Waals surface area contributed by atoms with E-state index in [1.165, 1.54) is 0 Å². The van der Waals surface area contributed by atoms with Crippen molar-refractivity contribution in [2.75, 3.05) is 12.4 Å². The lowest BCUT2D eigenvalue weighted by molar-refractivity contribution is -0.139. The minimum absolute atomic E-state index is 0.0386. The van der Waals surface area contributed by atoms with Crippen LogP contribution in [-0.2, 0) is 14.3 Å². The van der Waals surface area contributed by atoms with Crippen molar-refractivity contribution in [3.63, 3.8) is 0 Å². The first kappa shape index (κ1) is 17.4. The van der Waals surface area contributed by atoms with Crippen LogP contribution in [-0.4, -0.2) is 24.2 Å². The molecule has 23 heavy (non-hydrogen) atoms. The van der Waals surface area contributed by atoms with Crippen molar-refractivity contribution in [1.82, 2.24) is 5.32 Å². The molecule has 1 aromatic carbocycles. The predicted molar refractivity (Wildman–Crippen MR) is 88.7 cm³/mol. The minimum Gasteiger partial charge on any atom is -0.465 e. The van der Waals surface area contributed by atoms with Crippen LogP contribution in [0.5, 0.6) is 0 Å². The van der Waals surface area contributed by atoms with E-state index in [0.29, 0.717) is 22.2 Å². The Bertz CT molecular complexity index is 697. The number of nitriles is 1. The zero-order chi connectivity index (χ0) is 16.8. The summed E-state index contributed by atoms with van der Waals surface area (Å²) in [6.45, 7) is 2.02. The second kappa shape index (κ2) is 8.04. The van der Waals surface area contributed by atoms with Gasteiger partial charge in [-0.25, -0.2) is 0 Å². The topological polar surface area (TPSA) is 79.2 Å². The maximum absolute atomic E-state index is 12.0. The smallest absolute Gasteiger partial charge is 0.316 e. The molecule has 0 aromatic heterocycles. The predicted octanol–water partition coefficient (Wildman–Crippen LogP) is 2.97. The molecule has 1 atom stereocenters. The van der Waals surface area contributed by atoms with E-state index in [0.717, 1.165) is 17.3 Å². The summed E-state index contributed by atoms with van der Waals surface area (Å²) < 4.78 is 4.86. The quantitative estimate of drug-likeness (QED) is 0.826. The average molecular weight is 351 g/mol. The van der Waals surface area contributed by atoms with E-state index in [1.54, 1.807) is 25.1 Å². The summed E-state index contributed by atoms with van der Waals surface area (Å²) in [5.41, 5.74) is 1.24. The Morgan fingerprint density at radius 3 is 3.00 bits per heavy atom. The van der Waals surface area contributed by atoms with Crippen molar-refractivity contribution in [2.24, 2.45) is 0 Å². The van der Waals surface area contributed by atoms with E-state index in [-0.39, 0.29) is 30.0 Å². The molecule has 1 heterocycles. The van der Waals surface area contributed by atoms with Crippen LogP contribution in [0.4, 0.5) is 0 Å². The van der Waals surface area contributed by atoms with Crippen LogP contribution >= 0.6 is 23.4 Å². The highest BCUT2D eigenvalue weighted by atomic mass is 35.5. The van der Waals surface area contributed by atoms with E-state index >= 15 is 0 Å². The summed E-state index contributed by atoms with van der Waals surface area (Å²) >= 11 is 7.10. The molecule has 1 unspecified atom stereocenters. The Hall–Kier alpha value is -1.97. The normalized spacial score (nSPS) is 17.4. The highest BCUT2D eigenvalue weighted by Crippen LogP contribution is 2.36. The molecule has 0 aliphatic carbocycles. The van der Waals surface area contributed by atoms with E-state index < -0.39 is 0 Å². The number of carbonyl (C=O) groups is 2. The van der Waals surface area contributed by atoms with E-state index in [4.69, 9.17) is 16.3 Å². The molecule has 7 heteroatoms. The molecule has 0 bridgehead atoms. The average Bonchev–Trinajstić information content (AvgIpc) is 2.52. The largest absolute Gasteiger partial charge is 0.465 e. The fraction of sp³-hybridized carbons (Fsp3) is 0.312. The van der Waals surface area contributed by atoms with E-state index in [9.17, 15) is 14.9 Å². The molecule has 0 spiro atoms. The molecule has 0 fully saturated rings. The first-order chi connectivity index (χ1) is 11.0. The fourth-order valence-electron chi connectivity index (χ4n) is 2.27. The molecule has 1 aliphatic rings. The van der Waals surface area contributed by atoms with Gasteiger partial charge in [-0.1, -0.05) is 35.5 Å². The molecule has 0 saturated heterocycles. The number of carbonyl (C=O) groups excluding carboxylic acids is 2. The second-order valence-corrected chi connectivity index (χ2v) is 6.23. The molecule has 1 amide bonds. The van der Waals surface area contributed by atoms with Crippen molar-refractivity contribution >= 4 is 35.2 Å². The van der Waals surface area contributed by atoms with Gasteiger partial charge < -0.3 is 10.1 Å². The van der Waals surface area contributed by atoms with Crippen molar-refractivity contribution < 1.29 is 14.3 Å². The molecule has 0 radical (unpaired) electrons. The van der Waals surface area contributed by atoms with Crippen LogP contribution < -0.4 is 5.32 Å². The van der Waals surface area contributed by atoms with Crippen LogP contribution in [0.3, 0.4) is 0 Å². The maximum Gasteiger partial charge on any atom is 0.316 e. The van der Waals surface area contributed by atoms with Gasteiger partial charge in [0.05, 0.1) is 29.0 Å². The molecule has 120 valence electrons. The summed E-state index contributed by atoms with van der Waals surface area (Å²) in [6, 6.07) is 9.25. The molecule has 2 rings (SSSR count). The van der Waals surface area contributed by atoms with Crippen LogP contribution in [0.15, 0.2) is 34.9 Å². The summed E-state index contributed by atoms with van der Waals surface area (Å²) in [5.74, 6) is -0.907. The number of halogens is 1. The Kier molecular flexibility index (Phi) is 6.08. The molecular weight excluding hydrogens is 336 g/mol. The number of rotatable bonds is 5. The van der Waals surface area contributed by atoms with Crippen molar-refractivity contribution in [3.8, 4) is 6.07 Å². The monoisotopic (exact) mass is 350 g/mol. The lowest BCUT2D eigenvalue weighted by atomic mass is 9.87. The van der Waals surface area contributed by atoms with Gasteiger partial charge in [-0.3, -0.25) is 9.59 Å². The van der Waals surface area contributed by atoms with Gasteiger partial charge in [-0.2, -0.15) is 5.26 Å². The molecular formula is C16H15ClN2O3S. The number of nitrogens with one attached hydrogen (secondary N) is 1. The lowest BCUT2D eigenvalue weighted by Crippen LogP contribution is -2.31. The van der Waals surface area contributed by atoms with Gasteiger partial charge in [0.15, 0.2) is 0 Å². The van der Waals surface area contributed by atoms with Crippen molar-refractivity contribution in [2.45, 2.75) is 19.3 Å². The number of esters is 1. The molecule has 0 saturated carbocycles. The zero-order valence-corrected chi connectivity index (χ0v) is 14.0. The molecule has 1 aliphatic heterocycles. The first-order valence-electron chi connectivity index (χ1n) is 7.03. The van der Waals surface area contributed by atoms with Gasteiger partial charge in [-0.05, 0) is 24.6 Å². The summed E-state index contributed by atoms with van der Waals surface area (Å²) in [6.07, 6.45) is 0.173. The van der Waals surface area contributed by atoms with Crippen molar-refractivity contribution in [3.05, 3.63) is 45.5 Å². The standard InChI is InChI=1S/C16H15ClN2O3S/c1-2-22-15(21)9-23-16-13(8-18)12(7-14(20)19-16)10-4-3-5-11(17)6-10/h3-6,12H,2,7,9H2,1H3,(H,19,20). The summed E-state index contributed by atoms with van der Waals surface area (Å²) in [5, 5.41) is 13.1. The number of benzene rings is 1. The number of ether oxygens (including phenoxy) is 1. The van der Waals surface area contributed by atoms with Gasteiger partial charge in [0, 0.05) is 17.4 Å². The SMILES string of the molecule is CCOC(=O)CSC1=C(C#N)C(c2cccc(Cl)c2)CC(=O)N1. The maximum atomic E-state index is 12.0. The highest BCUT2D eigenvalue weighted by molar-refractivity contribution is 8.03.